The Morgan fingerprint density at radius 3 is 2.57 bits per heavy atom. The second kappa shape index (κ2) is 4.57. The first-order valence-corrected chi connectivity index (χ1v) is 7.05. The van der Waals surface area contributed by atoms with Crippen LogP contribution in [0.2, 0.25) is 5.02 Å². The van der Waals surface area contributed by atoms with Crippen molar-refractivity contribution in [3.63, 3.8) is 0 Å². The highest BCUT2D eigenvalue weighted by molar-refractivity contribution is 6.33. The van der Waals surface area contributed by atoms with Gasteiger partial charge in [-0.1, -0.05) is 23.7 Å². The number of pyridine rings is 2. The zero-order chi connectivity index (χ0) is 14.4. The predicted molar refractivity (Wildman–Crippen MR) is 86.5 cm³/mol. The summed E-state index contributed by atoms with van der Waals surface area (Å²) in [7, 11) is 2.07. The van der Waals surface area contributed by atoms with Crippen LogP contribution < -0.4 is 0 Å². The smallest absolute Gasteiger partial charge is 0.0519 e. The molecule has 0 saturated carbocycles. The van der Waals surface area contributed by atoms with Gasteiger partial charge in [0.25, 0.3) is 0 Å². The average Bonchev–Trinajstić information content (AvgIpc) is 2.81. The SMILES string of the molecule is Cn1c2ccncc2c2ccc(-c3cnccc3Cl)cc21. The Labute approximate surface area is 126 Å². The molecule has 1 aromatic carbocycles. The van der Waals surface area contributed by atoms with E-state index in [9.17, 15) is 0 Å². The van der Waals surface area contributed by atoms with Crippen molar-refractivity contribution >= 4 is 33.4 Å². The van der Waals surface area contributed by atoms with Gasteiger partial charge in [-0.05, 0) is 23.8 Å². The lowest BCUT2D eigenvalue weighted by atomic mass is 10.1. The fourth-order valence-corrected chi connectivity index (χ4v) is 3.03. The van der Waals surface area contributed by atoms with E-state index in [1.807, 2.05) is 24.5 Å². The minimum absolute atomic E-state index is 0.713. The molecule has 0 fully saturated rings. The monoisotopic (exact) mass is 293 g/mol. The number of benzene rings is 1. The van der Waals surface area contributed by atoms with Gasteiger partial charge in [-0.2, -0.15) is 0 Å². The standard InChI is InChI=1S/C17H12ClN3/c1-21-16-5-7-20-10-14(16)12-3-2-11(8-17(12)21)13-9-19-6-4-15(13)18/h2-10H,1H3. The number of aromatic nitrogens is 3. The molecule has 4 rings (SSSR count). The number of hydrogen-bond donors (Lipinski definition) is 0. The van der Waals surface area contributed by atoms with Crippen LogP contribution in [-0.2, 0) is 7.05 Å². The third-order valence-electron chi connectivity index (χ3n) is 3.89. The summed E-state index contributed by atoms with van der Waals surface area (Å²) in [5, 5.41) is 3.08. The number of halogens is 1. The van der Waals surface area contributed by atoms with Crippen LogP contribution in [-0.4, -0.2) is 14.5 Å². The maximum Gasteiger partial charge on any atom is 0.0519 e. The van der Waals surface area contributed by atoms with Crippen molar-refractivity contribution < 1.29 is 0 Å². The molecule has 0 unspecified atom stereocenters. The molecule has 4 heteroatoms. The second-order valence-corrected chi connectivity index (χ2v) is 5.45. The molecule has 0 atom stereocenters. The molecule has 0 aliphatic rings. The molecule has 0 saturated heterocycles. The molecular weight excluding hydrogens is 282 g/mol. The maximum absolute atomic E-state index is 6.27. The number of aryl methyl sites for hydroxylation is 1. The normalized spacial score (nSPS) is 11.3. The first-order valence-electron chi connectivity index (χ1n) is 6.68. The van der Waals surface area contributed by atoms with E-state index in [0.29, 0.717) is 5.02 Å². The molecule has 0 bridgehead atoms. The van der Waals surface area contributed by atoms with Crippen LogP contribution >= 0.6 is 11.6 Å². The van der Waals surface area contributed by atoms with Crippen molar-refractivity contribution in [3.05, 3.63) is 60.1 Å². The van der Waals surface area contributed by atoms with Gasteiger partial charge in [0.05, 0.1) is 10.5 Å². The van der Waals surface area contributed by atoms with Gasteiger partial charge < -0.3 is 4.57 Å². The zero-order valence-electron chi connectivity index (χ0n) is 11.4. The predicted octanol–water partition coefficient (Wildman–Crippen LogP) is 4.44. The highest BCUT2D eigenvalue weighted by atomic mass is 35.5. The molecule has 0 N–H and O–H groups in total. The second-order valence-electron chi connectivity index (χ2n) is 5.04. The van der Waals surface area contributed by atoms with Gasteiger partial charge in [-0.15, -0.1) is 0 Å². The molecule has 0 radical (unpaired) electrons. The highest BCUT2D eigenvalue weighted by Gasteiger charge is 2.10. The van der Waals surface area contributed by atoms with Crippen LogP contribution in [0.5, 0.6) is 0 Å². The molecule has 0 spiro atoms. The zero-order valence-corrected chi connectivity index (χ0v) is 12.2. The minimum atomic E-state index is 0.713. The third kappa shape index (κ3) is 1.82. The molecule has 3 nitrogen and oxygen atoms in total. The lowest BCUT2D eigenvalue weighted by Gasteiger charge is -2.05. The number of fused-ring (bicyclic) bond motifs is 3. The first-order chi connectivity index (χ1) is 10.3. The Balaban J connectivity index is 2.05. The van der Waals surface area contributed by atoms with Gasteiger partial charge in [0.2, 0.25) is 0 Å². The maximum atomic E-state index is 6.27. The van der Waals surface area contributed by atoms with Crippen LogP contribution in [0.4, 0.5) is 0 Å². The van der Waals surface area contributed by atoms with E-state index < -0.39 is 0 Å². The van der Waals surface area contributed by atoms with E-state index in [2.05, 4.69) is 39.8 Å². The van der Waals surface area contributed by atoms with Gasteiger partial charge in [0.1, 0.15) is 0 Å². The molecular formula is C17H12ClN3. The van der Waals surface area contributed by atoms with E-state index in [1.165, 1.54) is 16.3 Å². The summed E-state index contributed by atoms with van der Waals surface area (Å²) in [4.78, 5) is 8.39. The van der Waals surface area contributed by atoms with Crippen molar-refractivity contribution in [2.24, 2.45) is 7.05 Å². The summed E-state index contributed by atoms with van der Waals surface area (Å²) in [6.07, 6.45) is 7.23. The van der Waals surface area contributed by atoms with Crippen LogP contribution in [0.1, 0.15) is 0 Å². The summed E-state index contributed by atoms with van der Waals surface area (Å²) < 4.78 is 2.18. The van der Waals surface area contributed by atoms with Crippen LogP contribution in [0.15, 0.2) is 55.1 Å². The summed E-state index contributed by atoms with van der Waals surface area (Å²) in [5.41, 5.74) is 4.36. The topological polar surface area (TPSA) is 30.7 Å². The van der Waals surface area contributed by atoms with Crippen LogP contribution in [0.25, 0.3) is 32.9 Å². The van der Waals surface area contributed by atoms with Gasteiger partial charge in [0, 0.05) is 53.7 Å². The van der Waals surface area contributed by atoms with Crippen molar-refractivity contribution in [1.82, 2.24) is 14.5 Å². The fourth-order valence-electron chi connectivity index (χ4n) is 2.81. The van der Waals surface area contributed by atoms with E-state index in [4.69, 9.17) is 11.6 Å². The largest absolute Gasteiger partial charge is 0.343 e. The van der Waals surface area contributed by atoms with E-state index in [-0.39, 0.29) is 0 Å². The van der Waals surface area contributed by atoms with Crippen LogP contribution in [0.3, 0.4) is 0 Å². The molecule has 0 aliphatic heterocycles. The van der Waals surface area contributed by atoms with Crippen molar-refractivity contribution in [3.8, 4) is 11.1 Å². The number of rotatable bonds is 1. The summed E-state index contributed by atoms with van der Waals surface area (Å²) in [5.74, 6) is 0. The van der Waals surface area contributed by atoms with E-state index >= 15 is 0 Å². The molecule has 0 aliphatic carbocycles. The van der Waals surface area contributed by atoms with Crippen molar-refractivity contribution in [1.29, 1.82) is 0 Å². The van der Waals surface area contributed by atoms with Crippen molar-refractivity contribution in [2.75, 3.05) is 0 Å². The Bertz CT molecular complexity index is 972. The summed E-state index contributed by atoms with van der Waals surface area (Å²) >= 11 is 6.27. The lowest BCUT2D eigenvalue weighted by molar-refractivity contribution is 1.01. The summed E-state index contributed by atoms with van der Waals surface area (Å²) in [6.45, 7) is 0. The Morgan fingerprint density at radius 1 is 0.905 bits per heavy atom. The molecule has 3 heterocycles. The third-order valence-corrected chi connectivity index (χ3v) is 4.22. The molecule has 0 amide bonds. The average molecular weight is 294 g/mol. The number of hydrogen-bond acceptors (Lipinski definition) is 2. The van der Waals surface area contributed by atoms with Gasteiger partial charge in [0.15, 0.2) is 0 Å². The molecule has 3 aromatic heterocycles. The fraction of sp³-hybridized carbons (Fsp3) is 0.0588. The lowest BCUT2D eigenvalue weighted by Crippen LogP contribution is -1.87. The van der Waals surface area contributed by atoms with E-state index in [0.717, 1.165) is 16.6 Å². The molecule has 102 valence electrons. The summed E-state index contributed by atoms with van der Waals surface area (Å²) in [6, 6.07) is 10.2. The highest BCUT2D eigenvalue weighted by Crippen LogP contribution is 2.33. The molecule has 21 heavy (non-hydrogen) atoms. The van der Waals surface area contributed by atoms with Crippen molar-refractivity contribution in [2.45, 2.75) is 0 Å². The first kappa shape index (κ1) is 12.4. The Morgan fingerprint density at radius 2 is 1.71 bits per heavy atom. The van der Waals surface area contributed by atoms with Crippen LogP contribution in [0, 0.1) is 0 Å². The number of nitrogens with zero attached hydrogens (tertiary/aromatic N) is 3. The quantitative estimate of drug-likeness (QED) is 0.519. The van der Waals surface area contributed by atoms with Gasteiger partial charge >= 0.3 is 0 Å². The molecule has 4 aromatic rings. The van der Waals surface area contributed by atoms with Gasteiger partial charge in [-0.25, -0.2) is 0 Å². The van der Waals surface area contributed by atoms with E-state index in [1.54, 1.807) is 12.4 Å². The minimum Gasteiger partial charge on any atom is -0.343 e. The Kier molecular flexibility index (Phi) is 2.69. The Hall–Kier alpha value is -2.39. The van der Waals surface area contributed by atoms with Gasteiger partial charge in [-0.3, -0.25) is 9.97 Å².